The summed E-state index contributed by atoms with van der Waals surface area (Å²) in [6, 6.07) is 70.1. The summed E-state index contributed by atoms with van der Waals surface area (Å²) in [6.45, 7) is 16.7. The van der Waals surface area contributed by atoms with E-state index in [9.17, 15) is 0 Å². The molecule has 0 spiro atoms. The number of rotatable bonds is 8. The molecule has 80 heavy (non-hydrogen) atoms. The van der Waals surface area contributed by atoms with Gasteiger partial charge in [0.1, 0.15) is 0 Å². The quantitative estimate of drug-likeness (QED) is 0.149. The van der Waals surface area contributed by atoms with Gasteiger partial charge in [0.15, 0.2) is 0 Å². The largest absolute Gasteiger partial charge is 0.418 e. The minimum Gasteiger partial charge on any atom is -0.309 e. The first-order valence-electron chi connectivity index (χ1n) is 27.3. The number of hydrogen-bond acceptors (Lipinski definition) is 1. The van der Waals surface area contributed by atoms with Crippen LogP contribution in [0.2, 0.25) is 0 Å². The van der Waals surface area contributed by atoms with Gasteiger partial charge in [0.2, 0.25) is 0 Å². The van der Waals surface area contributed by atoms with Crippen LogP contribution in [-0.2, 0) is 6.18 Å². The molecule has 0 saturated heterocycles. The minimum absolute atomic E-state index is 0.00549. The highest BCUT2D eigenvalue weighted by Crippen LogP contribution is 2.47. The Hall–Kier alpha value is -9.26. The number of aromatic nitrogens is 3. The summed E-state index contributed by atoms with van der Waals surface area (Å²) in [6.07, 6.45) is -4.82. The van der Waals surface area contributed by atoms with E-state index < -0.39 is 11.7 Å². The van der Waals surface area contributed by atoms with Crippen molar-refractivity contribution in [2.75, 3.05) is 0 Å². The zero-order valence-electron chi connectivity index (χ0n) is 46.1. The lowest BCUT2D eigenvalue weighted by molar-refractivity contribution is -0.137. The normalized spacial score (nSPS) is 11.9. The number of nitrogens with zero attached hydrogens (tertiary/aromatic N) is 3. The lowest BCUT2D eigenvalue weighted by atomic mass is 9.98. The molecule has 13 rings (SSSR count). The van der Waals surface area contributed by atoms with E-state index in [4.69, 9.17) is 4.98 Å². The van der Waals surface area contributed by atoms with Gasteiger partial charge in [0.25, 0.3) is 0 Å². The van der Waals surface area contributed by atoms with Crippen molar-refractivity contribution in [3.05, 3.63) is 256 Å². The van der Waals surface area contributed by atoms with E-state index in [0.29, 0.717) is 33.7 Å². The number of fused-ring (bicyclic) bond motifs is 6. The van der Waals surface area contributed by atoms with E-state index in [2.05, 4.69) is 206 Å². The number of alkyl halides is 3. The number of hydrogen-bond donors (Lipinski definition) is 0. The summed E-state index contributed by atoms with van der Waals surface area (Å²) >= 11 is 0. The van der Waals surface area contributed by atoms with Crippen LogP contribution in [0.5, 0.6) is 0 Å². The second-order valence-corrected chi connectivity index (χ2v) is 22.3. The Morgan fingerprint density at radius 1 is 0.287 bits per heavy atom. The number of benzene rings is 10. The molecular weight excluding hydrogens is 988 g/mol. The van der Waals surface area contributed by atoms with Crippen LogP contribution >= 0.6 is 0 Å². The van der Waals surface area contributed by atoms with E-state index in [1.54, 1.807) is 6.07 Å². The molecule has 0 bridgehead atoms. The van der Waals surface area contributed by atoms with Crippen molar-refractivity contribution in [3.63, 3.8) is 0 Å². The van der Waals surface area contributed by atoms with Gasteiger partial charge in [0, 0.05) is 32.7 Å². The molecule has 6 heteroatoms. The Labute approximate surface area is 464 Å². The Bertz CT molecular complexity index is 4370. The third-order valence-corrected chi connectivity index (χ3v) is 15.8. The van der Waals surface area contributed by atoms with Crippen LogP contribution in [0, 0.1) is 55.4 Å². The fourth-order valence-electron chi connectivity index (χ4n) is 12.6. The van der Waals surface area contributed by atoms with Gasteiger partial charge in [-0.1, -0.05) is 202 Å². The number of aryl methyl sites for hydroxylation is 8. The molecule has 0 radical (unpaired) electrons. The molecule has 0 unspecified atom stereocenters. The highest BCUT2D eigenvalue weighted by molar-refractivity contribution is 6.13. The van der Waals surface area contributed by atoms with E-state index in [1.165, 1.54) is 6.07 Å². The molecular formula is C74H58F3N3. The van der Waals surface area contributed by atoms with Crippen LogP contribution in [0.25, 0.3) is 122 Å². The summed E-state index contributed by atoms with van der Waals surface area (Å²) in [5.41, 5.74) is 21.9. The van der Waals surface area contributed by atoms with Gasteiger partial charge in [-0.25, -0.2) is 4.98 Å². The minimum atomic E-state index is -4.82. The van der Waals surface area contributed by atoms with Gasteiger partial charge >= 0.3 is 6.18 Å². The molecule has 390 valence electrons. The molecule has 0 aliphatic rings. The van der Waals surface area contributed by atoms with Crippen molar-refractivity contribution in [3.8, 4) is 78.4 Å². The van der Waals surface area contributed by atoms with Crippen LogP contribution in [0.4, 0.5) is 13.2 Å². The lowest BCUT2D eigenvalue weighted by Crippen LogP contribution is -2.13. The summed E-state index contributed by atoms with van der Waals surface area (Å²) in [5, 5.41) is 3.55. The van der Waals surface area contributed by atoms with E-state index in [1.807, 2.05) is 53.1 Å². The average Bonchev–Trinajstić information content (AvgIpc) is 4.11. The highest BCUT2D eigenvalue weighted by atomic mass is 19.4. The molecule has 13 aromatic rings. The van der Waals surface area contributed by atoms with Crippen LogP contribution in [0.1, 0.15) is 50.1 Å². The summed E-state index contributed by atoms with van der Waals surface area (Å²) in [7, 11) is 0. The number of halogens is 3. The van der Waals surface area contributed by atoms with Gasteiger partial charge in [-0.2, -0.15) is 13.2 Å². The van der Waals surface area contributed by atoms with Gasteiger partial charge in [-0.3, -0.25) is 0 Å². The van der Waals surface area contributed by atoms with Crippen molar-refractivity contribution in [2.45, 2.75) is 61.6 Å². The van der Waals surface area contributed by atoms with Crippen LogP contribution in [0.3, 0.4) is 0 Å². The van der Waals surface area contributed by atoms with Crippen molar-refractivity contribution in [1.82, 2.24) is 14.1 Å². The molecule has 0 N–H and O–H groups in total. The zero-order chi connectivity index (χ0) is 55.3. The Morgan fingerprint density at radius 2 is 0.625 bits per heavy atom. The molecule has 3 heterocycles. The van der Waals surface area contributed by atoms with Crippen LogP contribution in [-0.4, -0.2) is 14.1 Å². The summed E-state index contributed by atoms with van der Waals surface area (Å²) < 4.78 is 55.1. The van der Waals surface area contributed by atoms with Crippen molar-refractivity contribution in [2.24, 2.45) is 0 Å². The molecule has 10 aromatic carbocycles. The predicted molar refractivity (Wildman–Crippen MR) is 328 cm³/mol. The summed E-state index contributed by atoms with van der Waals surface area (Å²) in [4.78, 5) is 5.39. The first-order chi connectivity index (χ1) is 38.5. The SMILES string of the molecule is Cc1cc(C)cc(-c2ccc3c4ccc(-c5cc(C)cc(C)c5)cc4n(-c4cc(C(F)(F)F)c(-n5c6cc(-c7cc(C)cc(C)c7)ccc6c6ccc(-c7cc(C)cc(C)c7)cc65)cc4-c4cccc(-c5ccccc5)n4)c3c2)c1. The zero-order valence-corrected chi connectivity index (χ0v) is 46.1. The van der Waals surface area contributed by atoms with Crippen molar-refractivity contribution < 1.29 is 13.2 Å². The van der Waals surface area contributed by atoms with E-state index in [0.717, 1.165) is 127 Å². The topological polar surface area (TPSA) is 22.8 Å². The lowest BCUT2D eigenvalue weighted by Gasteiger charge is -2.22. The third-order valence-electron chi connectivity index (χ3n) is 15.8. The third kappa shape index (κ3) is 9.05. The molecule has 3 aromatic heterocycles. The Morgan fingerprint density at radius 3 is 0.975 bits per heavy atom. The second kappa shape index (κ2) is 19.3. The average molecular weight is 1050 g/mol. The van der Waals surface area contributed by atoms with E-state index in [-0.39, 0.29) is 5.69 Å². The van der Waals surface area contributed by atoms with Crippen LogP contribution in [0.15, 0.2) is 206 Å². The second-order valence-electron chi connectivity index (χ2n) is 22.3. The Balaban J connectivity index is 1.18. The fourth-order valence-corrected chi connectivity index (χ4v) is 12.6. The van der Waals surface area contributed by atoms with E-state index >= 15 is 13.2 Å². The molecule has 3 nitrogen and oxygen atoms in total. The molecule has 0 aliphatic heterocycles. The summed E-state index contributed by atoms with van der Waals surface area (Å²) in [5.74, 6) is 0. The van der Waals surface area contributed by atoms with Crippen molar-refractivity contribution >= 4 is 43.6 Å². The predicted octanol–water partition coefficient (Wildman–Crippen LogP) is 20.8. The maximum absolute atomic E-state index is 17.1. The molecule has 0 atom stereocenters. The number of pyridine rings is 1. The van der Waals surface area contributed by atoms with Crippen LogP contribution < -0.4 is 0 Å². The van der Waals surface area contributed by atoms with Gasteiger partial charge in [-0.15, -0.1) is 0 Å². The highest BCUT2D eigenvalue weighted by Gasteiger charge is 2.37. The fraction of sp³-hybridized carbons (Fsp3) is 0.122. The first kappa shape index (κ1) is 50.3. The molecule has 0 fully saturated rings. The molecule has 0 aliphatic carbocycles. The standard InChI is InChI=1S/C74H58F3N3/c1-43-25-44(2)30-56(29-43)52-17-21-60-61-22-18-53(57-31-45(3)26-46(4)32-57)38-69(61)79(68(60)37-52)72-42-65(74(75,76)77)73(41-64(72)67-16-12-15-66(78-67)51-13-10-9-11-14-51)80-70-39-54(58-33-47(5)27-48(6)34-58)19-23-62(70)63-24-20-55(40-71(63)80)59-35-49(7)28-50(8)36-59/h9-42H,1-8H3. The monoisotopic (exact) mass is 1050 g/mol. The molecule has 0 saturated carbocycles. The van der Waals surface area contributed by atoms with Crippen molar-refractivity contribution in [1.29, 1.82) is 0 Å². The Kier molecular flexibility index (Phi) is 12.1. The first-order valence-corrected chi connectivity index (χ1v) is 27.3. The van der Waals surface area contributed by atoms with Gasteiger partial charge in [-0.05, 0) is 148 Å². The van der Waals surface area contributed by atoms with Gasteiger partial charge < -0.3 is 9.13 Å². The maximum Gasteiger partial charge on any atom is 0.418 e. The molecule has 0 amide bonds. The van der Waals surface area contributed by atoms with Gasteiger partial charge in [0.05, 0.1) is 50.4 Å². The smallest absolute Gasteiger partial charge is 0.309 e. The maximum atomic E-state index is 17.1.